The van der Waals surface area contributed by atoms with Crippen LogP contribution in [-0.4, -0.2) is 17.1 Å². The quantitative estimate of drug-likeness (QED) is 0.532. The molecule has 4 radical (unpaired) electrons. The molecule has 0 nitrogen and oxygen atoms in total. The summed E-state index contributed by atoms with van der Waals surface area (Å²) < 4.78 is 0. The van der Waals surface area contributed by atoms with E-state index in [9.17, 15) is 0 Å². The summed E-state index contributed by atoms with van der Waals surface area (Å²) in [7, 11) is 0. The first-order valence-electron chi connectivity index (χ1n) is 0. The van der Waals surface area contributed by atoms with Crippen molar-refractivity contribution >= 4 is 17.1 Å². The standard InChI is InChI=1S/Co.Mo.Se.V. The summed E-state index contributed by atoms with van der Waals surface area (Å²) in [6, 6.07) is 0. The van der Waals surface area contributed by atoms with Crippen molar-refractivity contribution in [1.29, 1.82) is 0 Å². The normalized spacial score (nSPS) is 0. The van der Waals surface area contributed by atoms with Crippen molar-refractivity contribution in [3.05, 3.63) is 0 Å². The molecule has 0 amide bonds. The van der Waals surface area contributed by atoms with Crippen LogP contribution in [0.2, 0.25) is 0 Å². The summed E-state index contributed by atoms with van der Waals surface area (Å²) in [6.07, 6.45) is 0. The third-order valence-corrected chi connectivity index (χ3v) is 0. The molecule has 0 aliphatic heterocycles. The molecule has 0 atom stereocenters. The van der Waals surface area contributed by atoms with E-state index in [0.29, 0.717) is 0 Å². The molecule has 0 rings (SSSR count). The first-order chi connectivity index (χ1) is 0. The molecule has 0 aliphatic rings. The van der Waals surface area contributed by atoms with E-state index < -0.39 is 0 Å². The van der Waals surface area contributed by atoms with Crippen LogP contribution >= 0.6 is 0 Å². The summed E-state index contributed by atoms with van der Waals surface area (Å²) in [6.45, 7) is 0. The Kier molecular flexibility index (Phi) is 155. The average Bonchev–Trinajstić information content (AvgIpc) is 0. The molecule has 26 valence electrons. The third kappa shape index (κ3) is 8.85. The summed E-state index contributed by atoms with van der Waals surface area (Å²) in [5, 5.41) is 0. The Bertz CT molecular complexity index is 8.00. The zero-order valence-corrected chi connectivity index (χ0v) is 7.75. The Morgan fingerprint density at radius 1 is 1.00 bits per heavy atom. The molecule has 0 aromatic rings. The van der Waals surface area contributed by atoms with Crippen LogP contribution in [0.25, 0.3) is 0 Å². The monoisotopic (exact) mass is 288 g/mol. The van der Waals surface area contributed by atoms with E-state index in [1.54, 1.807) is 0 Å². The minimum absolute atomic E-state index is 0. The van der Waals surface area contributed by atoms with E-state index in [1.165, 1.54) is 0 Å². The van der Waals surface area contributed by atoms with Gasteiger partial charge in [-0.2, -0.15) is 0 Å². The molecule has 0 saturated heterocycles. The molecule has 4 heteroatoms. The summed E-state index contributed by atoms with van der Waals surface area (Å²) in [5.74, 6) is 0. The SMILES string of the molecule is [Co].[Mo].[Se].[V]. The zero-order valence-electron chi connectivity index (χ0n) is 1.60. The fourth-order valence-electron chi connectivity index (χ4n) is 0. The van der Waals surface area contributed by atoms with Gasteiger partial charge in [-0.25, -0.2) is 0 Å². The summed E-state index contributed by atoms with van der Waals surface area (Å²) in [5.41, 5.74) is 0. The van der Waals surface area contributed by atoms with Gasteiger partial charge in [0.05, 0.1) is 0 Å². The molecule has 0 aromatic heterocycles. The van der Waals surface area contributed by atoms with E-state index in [4.69, 9.17) is 0 Å². The molecule has 0 unspecified atom stereocenters. The van der Waals surface area contributed by atoms with Crippen molar-refractivity contribution in [2.45, 2.75) is 0 Å². The predicted molar refractivity (Wildman–Crippen MR) is 5.75 cm³/mol. The molecule has 0 fully saturated rings. The molecule has 0 heterocycles. The van der Waals surface area contributed by atoms with Gasteiger partial charge in [-0.05, 0) is 0 Å². The van der Waals surface area contributed by atoms with E-state index >= 15 is 0 Å². The first kappa shape index (κ1) is 33.5. The topological polar surface area (TPSA) is 0 Å². The van der Waals surface area contributed by atoms with Gasteiger partial charge in [-0.3, -0.25) is 0 Å². The maximum atomic E-state index is 0. The van der Waals surface area contributed by atoms with Gasteiger partial charge < -0.3 is 0 Å². The van der Waals surface area contributed by atoms with E-state index in [-0.39, 0.29) is 73.5 Å². The maximum Gasteiger partial charge on any atom is 0 e. The van der Waals surface area contributed by atoms with Crippen LogP contribution in [0, 0.1) is 0 Å². The van der Waals surface area contributed by atoms with Crippen molar-refractivity contribution in [3.8, 4) is 0 Å². The predicted octanol–water partition coefficient (Wildman–Crippen LogP) is -0.388. The molecule has 0 saturated carbocycles. The van der Waals surface area contributed by atoms with Crippen molar-refractivity contribution in [2.75, 3.05) is 0 Å². The Morgan fingerprint density at radius 2 is 1.00 bits per heavy atom. The molecule has 0 aliphatic carbocycles. The minimum atomic E-state index is 0. The number of hydrogen-bond donors (Lipinski definition) is 0. The molecule has 4 heavy (non-hydrogen) atoms. The Balaban J connectivity index is 0. The van der Waals surface area contributed by atoms with Crippen molar-refractivity contribution in [2.24, 2.45) is 0 Å². The molecule has 0 N–H and O–H groups in total. The Hall–Kier alpha value is 2.30. The Morgan fingerprint density at radius 3 is 1.00 bits per heavy atom. The summed E-state index contributed by atoms with van der Waals surface area (Å²) >= 11 is 0. The largest absolute Gasteiger partial charge is 0 e. The summed E-state index contributed by atoms with van der Waals surface area (Å²) in [4.78, 5) is 0. The van der Waals surface area contributed by atoms with Crippen LogP contribution in [0.1, 0.15) is 0 Å². The van der Waals surface area contributed by atoms with Crippen molar-refractivity contribution in [1.82, 2.24) is 0 Å². The van der Waals surface area contributed by atoms with Gasteiger partial charge in [0, 0.05) is 73.5 Å². The molecular formula is CoMoSeV. The molecule has 0 spiro atoms. The zero-order chi connectivity index (χ0) is 0. The second-order valence-electron chi connectivity index (χ2n) is 0. The van der Waals surface area contributed by atoms with Gasteiger partial charge in [0.1, 0.15) is 0 Å². The van der Waals surface area contributed by atoms with Gasteiger partial charge in [-0.15, -0.1) is 0 Å². The average molecular weight is 285 g/mol. The van der Waals surface area contributed by atoms with Crippen LogP contribution in [-0.2, 0) is 56.4 Å². The maximum absolute atomic E-state index is 0. The third-order valence-electron chi connectivity index (χ3n) is 0. The van der Waals surface area contributed by atoms with Crippen molar-refractivity contribution < 1.29 is 56.4 Å². The fraction of sp³-hybridized carbons (Fsp3) is 0. The van der Waals surface area contributed by atoms with Crippen LogP contribution in [0.3, 0.4) is 0 Å². The smallest absolute Gasteiger partial charge is 0 e. The van der Waals surface area contributed by atoms with Crippen LogP contribution in [0.15, 0.2) is 0 Å². The van der Waals surface area contributed by atoms with Crippen molar-refractivity contribution in [3.63, 3.8) is 0 Å². The fourth-order valence-corrected chi connectivity index (χ4v) is 0. The van der Waals surface area contributed by atoms with Crippen LogP contribution < -0.4 is 0 Å². The number of hydrogen-bond acceptors (Lipinski definition) is 0. The molecule has 0 aromatic carbocycles. The number of rotatable bonds is 0. The van der Waals surface area contributed by atoms with Gasteiger partial charge >= 0.3 is 0 Å². The van der Waals surface area contributed by atoms with E-state index in [2.05, 4.69) is 0 Å². The van der Waals surface area contributed by atoms with Gasteiger partial charge in [0.15, 0.2) is 0 Å². The molecule has 0 bridgehead atoms. The van der Waals surface area contributed by atoms with Gasteiger partial charge in [0.2, 0.25) is 0 Å². The van der Waals surface area contributed by atoms with Crippen LogP contribution in [0.4, 0.5) is 0 Å². The van der Waals surface area contributed by atoms with E-state index in [0.717, 1.165) is 0 Å². The van der Waals surface area contributed by atoms with Gasteiger partial charge in [-0.1, -0.05) is 0 Å². The second kappa shape index (κ2) is 18.5. The Labute approximate surface area is 72.7 Å². The van der Waals surface area contributed by atoms with Crippen LogP contribution in [0.5, 0.6) is 0 Å². The second-order valence-corrected chi connectivity index (χ2v) is 0. The molecular weight excluding hydrogens is 285 g/mol. The van der Waals surface area contributed by atoms with E-state index in [1.807, 2.05) is 0 Å². The van der Waals surface area contributed by atoms with Gasteiger partial charge in [0.25, 0.3) is 0 Å². The minimum Gasteiger partial charge on any atom is 0 e. The first-order valence-corrected chi connectivity index (χ1v) is 0.